The van der Waals surface area contributed by atoms with Gasteiger partial charge in [-0.2, -0.15) is 0 Å². The summed E-state index contributed by atoms with van der Waals surface area (Å²) in [5.74, 6) is 1.20. The smallest absolute Gasteiger partial charge is 0.208 e. The van der Waals surface area contributed by atoms with Gasteiger partial charge in [0.15, 0.2) is 0 Å². The van der Waals surface area contributed by atoms with Gasteiger partial charge in [-0.15, -0.1) is 0 Å². The third-order valence-electron chi connectivity index (χ3n) is 3.26. The Hall–Kier alpha value is -0.130. The van der Waals surface area contributed by atoms with Crippen molar-refractivity contribution < 1.29 is 8.42 Å². The highest BCUT2D eigenvalue weighted by Crippen LogP contribution is 2.31. The molecule has 0 radical (unpaired) electrons. The van der Waals surface area contributed by atoms with E-state index in [1.807, 2.05) is 0 Å². The Kier molecular flexibility index (Phi) is 5.21. The van der Waals surface area contributed by atoms with E-state index in [1.54, 1.807) is 0 Å². The Bertz CT molecular complexity index is 303. The first kappa shape index (κ1) is 13.9. The van der Waals surface area contributed by atoms with E-state index in [0.29, 0.717) is 11.8 Å². The van der Waals surface area contributed by atoms with Crippen LogP contribution in [0.25, 0.3) is 0 Å². The number of hydrogen-bond donors (Lipinski definition) is 2. The summed E-state index contributed by atoms with van der Waals surface area (Å²) in [5, 5.41) is 3.41. The van der Waals surface area contributed by atoms with Crippen LogP contribution in [0, 0.1) is 11.8 Å². The van der Waals surface area contributed by atoms with Crippen LogP contribution in [0.2, 0.25) is 0 Å². The molecule has 4 nitrogen and oxygen atoms in total. The highest BCUT2D eigenvalue weighted by atomic mass is 32.2. The van der Waals surface area contributed by atoms with E-state index in [1.165, 1.54) is 6.26 Å². The van der Waals surface area contributed by atoms with Crippen molar-refractivity contribution in [3.8, 4) is 0 Å². The van der Waals surface area contributed by atoms with E-state index in [9.17, 15) is 8.42 Å². The lowest BCUT2D eigenvalue weighted by Crippen LogP contribution is -2.32. The first-order valence-corrected chi connectivity index (χ1v) is 7.99. The first-order chi connectivity index (χ1) is 7.42. The zero-order valence-corrected chi connectivity index (χ0v) is 11.3. The zero-order valence-electron chi connectivity index (χ0n) is 10.5. The van der Waals surface area contributed by atoms with E-state index >= 15 is 0 Å². The van der Waals surface area contributed by atoms with Gasteiger partial charge in [0.25, 0.3) is 0 Å². The molecule has 0 amide bonds. The molecule has 0 aromatic rings. The van der Waals surface area contributed by atoms with Crippen LogP contribution in [0.4, 0.5) is 0 Å². The van der Waals surface area contributed by atoms with Gasteiger partial charge in [0.05, 0.1) is 6.26 Å². The van der Waals surface area contributed by atoms with Gasteiger partial charge in [0, 0.05) is 6.04 Å². The van der Waals surface area contributed by atoms with Crippen molar-refractivity contribution in [3.05, 3.63) is 0 Å². The third kappa shape index (κ3) is 4.80. The largest absolute Gasteiger partial charge is 0.316 e. The predicted molar refractivity (Wildman–Crippen MR) is 66.8 cm³/mol. The third-order valence-corrected chi connectivity index (χ3v) is 4.02. The summed E-state index contributed by atoms with van der Waals surface area (Å²) >= 11 is 0. The Morgan fingerprint density at radius 3 is 2.56 bits per heavy atom. The molecule has 0 saturated heterocycles. The molecule has 5 heteroatoms. The van der Waals surface area contributed by atoms with Gasteiger partial charge >= 0.3 is 0 Å². The molecule has 16 heavy (non-hydrogen) atoms. The van der Waals surface area contributed by atoms with Crippen molar-refractivity contribution in [2.75, 3.05) is 19.3 Å². The molecule has 96 valence electrons. The van der Waals surface area contributed by atoms with Crippen LogP contribution < -0.4 is 10.0 Å². The summed E-state index contributed by atoms with van der Waals surface area (Å²) in [6.07, 6.45) is 4.31. The molecule has 3 atom stereocenters. The summed E-state index contributed by atoms with van der Waals surface area (Å²) in [5.41, 5.74) is 0. The molecule has 0 aliphatic heterocycles. The molecule has 0 bridgehead atoms. The fourth-order valence-electron chi connectivity index (χ4n) is 2.48. The van der Waals surface area contributed by atoms with E-state index in [2.05, 4.69) is 23.9 Å². The average Bonchev–Trinajstić information content (AvgIpc) is 2.44. The number of hydrogen-bond acceptors (Lipinski definition) is 3. The Morgan fingerprint density at radius 2 is 2.00 bits per heavy atom. The molecular formula is C11H24N2O2S. The molecule has 0 aromatic carbocycles. The van der Waals surface area contributed by atoms with Crippen LogP contribution in [-0.4, -0.2) is 33.8 Å². The summed E-state index contributed by atoms with van der Waals surface area (Å²) in [6, 6.07) is 0.137. The quantitative estimate of drug-likeness (QED) is 0.688. The molecule has 1 rings (SSSR count). The van der Waals surface area contributed by atoms with Crippen LogP contribution in [0.1, 0.15) is 33.1 Å². The van der Waals surface area contributed by atoms with E-state index in [4.69, 9.17) is 0 Å². The van der Waals surface area contributed by atoms with Gasteiger partial charge in [-0.05, 0) is 44.2 Å². The summed E-state index contributed by atoms with van der Waals surface area (Å²) in [6.45, 7) is 6.42. The number of sulfonamides is 1. The summed E-state index contributed by atoms with van der Waals surface area (Å²) in [4.78, 5) is 0. The van der Waals surface area contributed by atoms with Crippen molar-refractivity contribution in [2.45, 2.75) is 39.2 Å². The molecule has 0 aromatic heterocycles. The lowest BCUT2D eigenvalue weighted by atomic mass is 9.98. The Balaban J connectivity index is 2.35. The molecule has 1 aliphatic rings. The van der Waals surface area contributed by atoms with Crippen LogP contribution in [-0.2, 0) is 10.0 Å². The predicted octanol–water partition coefficient (Wildman–Crippen LogP) is 0.950. The minimum atomic E-state index is -3.05. The van der Waals surface area contributed by atoms with Crippen LogP contribution in [0.3, 0.4) is 0 Å². The van der Waals surface area contributed by atoms with Gasteiger partial charge in [-0.25, -0.2) is 13.1 Å². The second-order valence-electron chi connectivity index (χ2n) is 5.00. The molecule has 2 N–H and O–H groups in total. The fourth-order valence-corrected chi connectivity index (χ4v) is 3.28. The maximum atomic E-state index is 11.1. The second kappa shape index (κ2) is 5.98. The Labute approximate surface area is 99.2 Å². The van der Waals surface area contributed by atoms with Crippen molar-refractivity contribution in [3.63, 3.8) is 0 Å². The zero-order chi connectivity index (χ0) is 12.2. The summed E-state index contributed by atoms with van der Waals surface area (Å²) < 4.78 is 25.0. The van der Waals surface area contributed by atoms with E-state index in [0.717, 1.165) is 32.4 Å². The van der Waals surface area contributed by atoms with Crippen molar-refractivity contribution >= 4 is 10.0 Å². The van der Waals surface area contributed by atoms with Crippen molar-refractivity contribution in [1.29, 1.82) is 0 Å². The van der Waals surface area contributed by atoms with Gasteiger partial charge in [-0.1, -0.05) is 13.8 Å². The fraction of sp³-hybridized carbons (Fsp3) is 1.00. The molecule has 3 unspecified atom stereocenters. The molecular weight excluding hydrogens is 224 g/mol. The SMILES string of the molecule is CCCNCC1CC(NS(C)(=O)=O)CC1C. The normalized spacial score (nSPS) is 30.8. The molecule has 1 aliphatic carbocycles. The number of rotatable bonds is 6. The lowest BCUT2D eigenvalue weighted by molar-refractivity contribution is 0.392. The van der Waals surface area contributed by atoms with Crippen LogP contribution in [0.15, 0.2) is 0 Å². The topological polar surface area (TPSA) is 58.2 Å². The average molecular weight is 248 g/mol. The monoisotopic (exact) mass is 248 g/mol. The number of nitrogens with one attached hydrogen (secondary N) is 2. The van der Waals surface area contributed by atoms with Gasteiger partial charge in [0.1, 0.15) is 0 Å². The van der Waals surface area contributed by atoms with Gasteiger partial charge in [-0.3, -0.25) is 0 Å². The maximum Gasteiger partial charge on any atom is 0.208 e. The molecule has 0 heterocycles. The molecule has 1 fully saturated rings. The van der Waals surface area contributed by atoms with E-state index in [-0.39, 0.29) is 6.04 Å². The minimum Gasteiger partial charge on any atom is -0.316 e. The highest BCUT2D eigenvalue weighted by molar-refractivity contribution is 7.88. The molecule has 0 spiro atoms. The second-order valence-corrected chi connectivity index (χ2v) is 6.78. The van der Waals surface area contributed by atoms with E-state index < -0.39 is 10.0 Å². The Morgan fingerprint density at radius 1 is 1.31 bits per heavy atom. The molecule has 1 saturated carbocycles. The first-order valence-electron chi connectivity index (χ1n) is 6.10. The maximum absolute atomic E-state index is 11.1. The highest BCUT2D eigenvalue weighted by Gasteiger charge is 2.32. The van der Waals surface area contributed by atoms with Crippen molar-refractivity contribution in [1.82, 2.24) is 10.0 Å². The standard InChI is InChI=1S/C11H24N2O2S/c1-4-5-12-8-10-7-11(6-9(10)2)13-16(3,14)15/h9-13H,4-8H2,1-3H3. The minimum absolute atomic E-state index is 0.137. The van der Waals surface area contributed by atoms with Crippen LogP contribution in [0.5, 0.6) is 0 Å². The lowest BCUT2D eigenvalue weighted by Gasteiger charge is -2.15. The van der Waals surface area contributed by atoms with Crippen molar-refractivity contribution in [2.24, 2.45) is 11.8 Å². The van der Waals surface area contributed by atoms with Crippen LogP contribution >= 0.6 is 0 Å². The summed E-state index contributed by atoms with van der Waals surface area (Å²) in [7, 11) is -3.05. The van der Waals surface area contributed by atoms with Gasteiger partial charge in [0.2, 0.25) is 10.0 Å². The van der Waals surface area contributed by atoms with Gasteiger partial charge < -0.3 is 5.32 Å².